The van der Waals surface area contributed by atoms with Crippen LogP contribution in [0.25, 0.3) is 11.0 Å². The maximum atomic E-state index is 12.4. The molecule has 30 heavy (non-hydrogen) atoms. The van der Waals surface area contributed by atoms with E-state index in [1.165, 1.54) is 11.6 Å². The highest BCUT2D eigenvalue weighted by atomic mass is 35.5. The number of imidazole rings is 1. The van der Waals surface area contributed by atoms with Crippen LogP contribution in [-0.4, -0.2) is 18.0 Å². The van der Waals surface area contributed by atoms with Gasteiger partial charge in [-0.05, 0) is 54.8 Å². The lowest BCUT2D eigenvalue weighted by Crippen LogP contribution is -2.11. The second-order valence-electron chi connectivity index (χ2n) is 7.03. The number of aromatic nitrogens is 2. The van der Waals surface area contributed by atoms with E-state index >= 15 is 0 Å². The molecule has 0 radical (unpaired) electrons. The van der Waals surface area contributed by atoms with Crippen molar-refractivity contribution in [2.45, 2.75) is 36.9 Å². The third-order valence-corrected chi connectivity index (χ3v) is 7.94. The fraction of sp³-hybridized carbons (Fsp3) is 0.227. The van der Waals surface area contributed by atoms with E-state index in [1.807, 2.05) is 30.3 Å². The Kier molecular flexibility index (Phi) is 6.13. The Morgan fingerprint density at radius 3 is 2.50 bits per heavy atom. The van der Waals surface area contributed by atoms with Crippen molar-refractivity contribution >= 4 is 49.7 Å². The molecule has 0 fully saturated rings. The molecule has 0 aliphatic heterocycles. The van der Waals surface area contributed by atoms with E-state index < -0.39 is 10.0 Å². The summed E-state index contributed by atoms with van der Waals surface area (Å²) in [7, 11) is -3.62. The summed E-state index contributed by atoms with van der Waals surface area (Å²) in [5, 5.41) is 0. The molecule has 2 aromatic carbocycles. The van der Waals surface area contributed by atoms with E-state index in [0.717, 1.165) is 54.0 Å². The van der Waals surface area contributed by atoms with Gasteiger partial charge in [0.05, 0.1) is 15.4 Å². The number of sulfonamides is 1. The van der Waals surface area contributed by atoms with Gasteiger partial charge in [-0.25, -0.2) is 13.4 Å². The summed E-state index contributed by atoms with van der Waals surface area (Å²) in [5.41, 5.74) is 3.86. The summed E-state index contributed by atoms with van der Waals surface area (Å²) >= 11 is 6.89. The zero-order chi connectivity index (χ0) is 21.1. The van der Waals surface area contributed by atoms with Crippen LogP contribution >= 0.6 is 22.9 Å². The zero-order valence-electron chi connectivity index (χ0n) is 16.5. The van der Waals surface area contributed by atoms with Crippen molar-refractivity contribution in [3.8, 4) is 0 Å². The van der Waals surface area contributed by atoms with Gasteiger partial charge >= 0.3 is 0 Å². The second kappa shape index (κ2) is 8.79. The van der Waals surface area contributed by atoms with Crippen LogP contribution < -0.4 is 4.72 Å². The molecule has 0 saturated carbocycles. The Labute approximate surface area is 185 Å². The molecule has 0 bridgehead atoms. The van der Waals surface area contributed by atoms with E-state index in [1.54, 1.807) is 18.2 Å². The van der Waals surface area contributed by atoms with Crippen molar-refractivity contribution in [3.05, 3.63) is 76.4 Å². The zero-order valence-corrected chi connectivity index (χ0v) is 18.9. The smallest absolute Gasteiger partial charge is 0.271 e. The van der Waals surface area contributed by atoms with E-state index in [0.29, 0.717) is 10.0 Å². The predicted molar refractivity (Wildman–Crippen MR) is 124 cm³/mol. The molecule has 0 amide bonds. The number of nitrogens with zero attached hydrogens (tertiary/aromatic N) is 2. The summed E-state index contributed by atoms with van der Waals surface area (Å²) in [5.74, 6) is 1.08. The first-order valence-corrected chi connectivity index (χ1v) is 12.5. The molecule has 8 heteroatoms. The lowest BCUT2D eigenvalue weighted by Gasteiger charge is -2.09. The van der Waals surface area contributed by atoms with Crippen molar-refractivity contribution < 1.29 is 8.42 Å². The van der Waals surface area contributed by atoms with E-state index in [4.69, 9.17) is 16.6 Å². The van der Waals surface area contributed by atoms with Crippen LogP contribution in [0.3, 0.4) is 0 Å². The van der Waals surface area contributed by atoms with Crippen LogP contribution in [-0.2, 0) is 29.4 Å². The Hall–Kier alpha value is -2.35. The Morgan fingerprint density at radius 1 is 1.03 bits per heavy atom. The molecule has 0 unspecified atom stereocenters. The lowest BCUT2D eigenvalue weighted by atomic mass is 10.1. The molecule has 1 N–H and O–H groups in total. The van der Waals surface area contributed by atoms with Crippen LogP contribution in [0, 0.1) is 0 Å². The van der Waals surface area contributed by atoms with Gasteiger partial charge in [-0.3, -0.25) is 4.72 Å². The number of aryl methyl sites for hydroxylation is 3. The van der Waals surface area contributed by atoms with Crippen LogP contribution in [0.1, 0.15) is 24.7 Å². The minimum Gasteiger partial charge on any atom is -0.328 e. The van der Waals surface area contributed by atoms with Gasteiger partial charge in [0.1, 0.15) is 10.0 Å². The molecule has 2 heterocycles. The molecule has 0 aliphatic carbocycles. The number of anilines is 1. The molecule has 0 aliphatic rings. The van der Waals surface area contributed by atoms with E-state index in [2.05, 4.69) is 22.3 Å². The number of halogens is 1. The van der Waals surface area contributed by atoms with Gasteiger partial charge in [0.2, 0.25) is 0 Å². The summed E-state index contributed by atoms with van der Waals surface area (Å²) < 4.78 is 30.4. The van der Waals surface area contributed by atoms with Gasteiger partial charge in [-0.2, -0.15) is 0 Å². The number of rotatable bonds is 8. The minimum absolute atomic E-state index is 0.200. The molecular formula is C22H22ClN3O2S2. The first-order valence-electron chi connectivity index (χ1n) is 9.77. The van der Waals surface area contributed by atoms with Crippen LogP contribution in [0.4, 0.5) is 5.69 Å². The van der Waals surface area contributed by atoms with Crippen LogP contribution in [0.5, 0.6) is 0 Å². The minimum atomic E-state index is -3.62. The third kappa shape index (κ3) is 4.53. The number of benzene rings is 2. The van der Waals surface area contributed by atoms with Crippen molar-refractivity contribution in [2.24, 2.45) is 0 Å². The average molecular weight is 460 g/mol. The molecule has 156 valence electrons. The SMILES string of the molecule is CCCn1c(CCc2ccc(NS(=O)(=O)c3ccc(Cl)s3)cc2)nc2ccccc21. The van der Waals surface area contributed by atoms with Crippen molar-refractivity contribution in [3.63, 3.8) is 0 Å². The molecule has 0 atom stereocenters. The van der Waals surface area contributed by atoms with Gasteiger partial charge in [-0.15, -0.1) is 11.3 Å². The lowest BCUT2D eigenvalue weighted by molar-refractivity contribution is 0.603. The molecule has 0 spiro atoms. The number of nitrogens with one attached hydrogen (secondary N) is 1. The number of hydrogen-bond acceptors (Lipinski definition) is 4. The van der Waals surface area contributed by atoms with Gasteiger partial charge in [-0.1, -0.05) is 42.8 Å². The summed E-state index contributed by atoms with van der Waals surface area (Å²) in [6.07, 6.45) is 2.71. The van der Waals surface area contributed by atoms with E-state index in [-0.39, 0.29) is 4.21 Å². The Morgan fingerprint density at radius 2 is 1.80 bits per heavy atom. The third-order valence-electron chi connectivity index (χ3n) is 4.84. The van der Waals surface area contributed by atoms with Crippen LogP contribution in [0.15, 0.2) is 64.9 Å². The standard InChI is InChI=1S/C22H22ClN3O2S2/c1-2-15-26-19-6-4-3-5-18(19)24-21(26)13-9-16-7-10-17(11-8-16)25-30(27,28)22-14-12-20(23)29-22/h3-8,10-12,14,25H,2,9,13,15H2,1H3. The van der Waals surface area contributed by atoms with Crippen molar-refractivity contribution in [1.82, 2.24) is 9.55 Å². The molecule has 4 aromatic rings. The quantitative estimate of drug-likeness (QED) is 0.365. The highest BCUT2D eigenvalue weighted by Gasteiger charge is 2.16. The number of fused-ring (bicyclic) bond motifs is 1. The van der Waals surface area contributed by atoms with Crippen molar-refractivity contribution in [2.75, 3.05) is 4.72 Å². The Balaban J connectivity index is 1.46. The average Bonchev–Trinajstić information content (AvgIpc) is 3.32. The fourth-order valence-electron chi connectivity index (χ4n) is 3.43. The normalized spacial score (nSPS) is 11.8. The van der Waals surface area contributed by atoms with Gasteiger partial charge in [0, 0.05) is 18.7 Å². The Bertz CT molecular complexity index is 1260. The fourth-order valence-corrected chi connectivity index (χ4v) is 5.97. The maximum Gasteiger partial charge on any atom is 0.271 e. The molecule has 0 saturated heterocycles. The topological polar surface area (TPSA) is 64.0 Å². The van der Waals surface area contributed by atoms with E-state index in [9.17, 15) is 8.42 Å². The highest BCUT2D eigenvalue weighted by molar-refractivity contribution is 7.94. The maximum absolute atomic E-state index is 12.4. The summed E-state index contributed by atoms with van der Waals surface area (Å²) in [6, 6.07) is 18.8. The van der Waals surface area contributed by atoms with Gasteiger partial charge in [0.25, 0.3) is 10.0 Å². The molecule has 4 rings (SSSR count). The van der Waals surface area contributed by atoms with Gasteiger partial charge in [0.15, 0.2) is 0 Å². The van der Waals surface area contributed by atoms with Gasteiger partial charge < -0.3 is 4.57 Å². The molecule has 5 nitrogen and oxygen atoms in total. The summed E-state index contributed by atoms with van der Waals surface area (Å²) in [4.78, 5) is 4.81. The second-order valence-corrected chi connectivity index (χ2v) is 10.7. The highest BCUT2D eigenvalue weighted by Crippen LogP contribution is 2.27. The number of hydrogen-bond donors (Lipinski definition) is 1. The largest absolute Gasteiger partial charge is 0.328 e. The first-order chi connectivity index (χ1) is 14.5. The predicted octanol–water partition coefficient (Wildman–Crippen LogP) is 5.75. The monoisotopic (exact) mass is 459 g/mol. The number of thiophene rings is 1. The molecule has 2 aromatic heterocycles. The summed E-state index contributed by atoms with van der Waals surface area (Å²) in [6.45, 7) is 3.12. The first kappa shape index (κ1) is 20.9. The van der Waals surface area contributed by atoms with Crippen LogP contribution in [0.2, 0.25) is 4.34 Å². The molecular weight excluding hydrogens is 438 g/mol. The van der Waals surface area contributed by atoms with Crippen molar-refractivity contribution in [1.29, 1.82) is 0 Å². The number of para-hydroxylation sites is 2.